The monoisotopic (exact) mass is 375 g/mol. The van der Waals surface area contributed by atoms with Gasteiger partial charge in [0.1, 0.15) is 11.6 Å². The maximum Gasteiger partial charge on any atom is 0.261 e. The lowest BCUT2D eigenvalue weighted by Gasteiger charge is -2.31. The first-order valence-electron chi connectivity index (χ1n) is 8.94. The Morgan fingerprint density at radius 2 is 2.00 bits per heavy atom. The van der Waals surface area contributed by atoms with Crippen molar-refractivity contribution in [1.82, 2.24) is 4.98 Å². The Morgan fingerprint density at radius 3 is 2.62 bits per heavy atom. The highest BCUT2D eigenvalue weighted by atomic mass is 32.2. The first kappa shape index (κ1) is 18.5. The number of benzene rings is 1. The van der Waals surface area contributed by atoms with Gasteiger partial charge < -0.3 is 9.64 Å². The second-order valence-electron chi connectivity index (χ2n) is 6.61. The van der Waals surface area contributed by atoms with E-state index in [0.29, 0.717) is 24.0 Å². The minimum Gasteiger partial charge on any atom is -0.494 e. The van der Waals surface area contributed by atoms with Crippen LogP contribution < -0.4 is 14.4 Å². The van der Waals surface area contributed by atoms with Gasteiger partial charge in [0, 0.05) is 13.1 Å². The molecule has 2 aromatic rings. The van der Waals surface area contributed by atoms with Crippen molar-refractivity contribution >= 4 is 21.5 Å². The van der Waals surface area contributed by atoms with E-state index in [1.54, 1.807) is 24.4 Å². The number of anilines is 2. The third-order valence-electron chi connectivity index (χ3n) is 4.43. The number of pyridine rings is 1. The van der Waals surface area contributed by atoms with Crippen LogP contribution in [0, 0.1) is 5.92 Å². The second kappa shape index (κ2) is 7.95. The van der Waals surface area contributed by atoms with E-state index >= 15 is 0 Å². The molecule has 7 heteroatoms. The summed E-state index contributed by atoms with van der Waals surface area (Å²) in [6, 6.07) is 9.99. The molecule has 1 atom stereocenters. The SMILES string of the molecule is CCOc1ccc(S(=O)(=O)Nc2ccc(N3CCCC(C)C3)nc2)cc1. The Balaban J connectivity index is 1.69. The summed E-state index contributed by atoms with van der Waals surface area (Å²) in [5.41, 5.74) is 0.452. The number of sulfonamides is 1. The van der Waals surface area contributed by atoms with Gasteiger partial charge in [0.2, 0.25) is 0 Å². The number of rotatable bonds is 6. The van der Waals surface area contributed by atoms with Crippen LogP contribution in [-0.4, -0.2) is 33.1 Å². The molecular weight excluding hydrogens is 350 g/mol. The van der Waals surface area contributed by atoms with Crippen molar-refractivity contribution in [2.24, 2.45) is 5.92 Å². The zero-order valence-electron chi connectivity index (χ0n) is 15.2. The van der Waals surface area contributed by atoms with E-state index in [0.717, 1.165) is 25.3 Å². The number of aromatic nitrogens is 1. The van der Waals surface area contributed by atoms with Crippen LogP contribution in [0.25, 0.3) is 0 Å². The molecule has 0 bridgehead atoms. The highest BCUT2D eigenvalue weighted by molar-refractivity contribution is 7.92. The highest BCUT2D eigenvalue weighted by Gasteiger charge is 2.18. The number of hydrogen-bond donors (Lipinski definition) is 1. The van der Waals surface area contributed by atoms with Gasteiger partial charge in [-0.15, -0.1) is 0 Å². The van der Waals surface area contributed by atoms with Crippen molar-refractivity contribution in [2.45, 2.75) is 31.6 Å². The van der Waals surface area contributed by atoms with Crippen LogP contribution in [0.1, 0.15) is 26.7 Å². The predicted molar refractivity (Wildman–Crippen MR) is 103 cm³/mol. The lowest BCUT2D eigenvalue weighted by molar-refractivity contribution is 0.340. The Labute approximate surface area is 155 Å². The molecule has 1 unspecified atom stereocenters. The maximum absolute atomic E-state index is 12.5. The fourth-order valence-electron chi connectivity index (χ4n) is 3.13. The predicted octanol–water partition coefficient (Wildman–Crippen LogP) is 3.52. The summed E-state index contributed by atoms with van der Waals surface area (Å²) in [6.45, 7) is 6.65. The molecule has 0 amide bonds. The van der Waals surface area contributed by atoms with Gasteiger partial charge >= 0.3 is 0 Å². The standard InChI is InChI=1S/C19H25N3O3S/c1-3-25-17-7-9-18(10-8-17)26(23,24)21-16-6-11-19(20-13-16)22-12-4-5-15(2)14-22/h6-11,13,15,21H,3-5,12,14H2,1-2H3. The Kier molecular flexibility index (Phi) is 5.66. The molecule has 26 heavy (non-hydrogen) atoms. The summed E-state index contributed by atoms with van der Waals surface area (Å²) in [5, 5.41) is 0. The molecular formula is C19H25N3O3S. The molecule has 1 aromatic carbocycles. The number of piperidine rings is 1. The Bertz CT molecular complexity index is 820. The summed E-state index contributed by atoms with van der Waals surface area (Å²) in [4.78, 5) is 6.87. The molecule has 1 saturated heterocycles. The molecule has 1 aliphatic rings. The van der Waals surface area contributed by atoms with Gasteiger partial charge in [0.25, 0.3) is 10.0 Å². The topological polar surface area (TPSA) is 71.5 Å². The summed E-state index contributed by atoms with van der Waals surface area (Å²) < 4.78 is 32.9. The largest absolute Gasteiger partial charge is 0.494 e. The molecule has 2 heterocycles. The number of ether oxygens (including phenoxy) is 1. The van der Waals surface area contributed by atoms with Crippen molar-refractivity contribution in [1.29, 1.82) is 0 Å². The third kappa shape index (κ3) is 4.46. The van der Waals surface area contributed by atoms with Crippen LogP contribution in [-0.2, 0) is 10.0 Å². The van der Waals surface area contributed by atoms with Crippen molar-refractivity contribution in [3.05, 3.63) is 42.6 Å². The van der Waals surface area contributed by atoms with E-state index in [9.17, 15) is 8.42 Å². The molecule has 0 saturated carbocycles. The van der Waals surface area contributed by atoms with Crippen molar-refractivity contribution in [3.8, 4) is 5.75 Å². The van der Waals surface area contributed by atoms with Crippen LogP contribution in [0.5, 0.6) is 5.75 Å². The molecule has 1 fully saturated rings. The molecule has 1 N–H and O–H groups in total. The molecule has 0 spiro atoms. The summed E-state index contributed by atoms with van der Waals surface area (Å²) >= 11 is 0. The maximum atomic E-state index is 12.5. The number of nitrogens with zero attached hydrogens (tertiary/aromatic N) is 2. The zero-order valence-corrected chi connectivity index (χ0v) is 16.0. The van der Waals surface area contributed by atoms with Gasteiger partial charge in [0.15, 0.2) is 0 Å². The van der Waals surface area contributed by atoms with Gasteiger partial charge in [-0.1, -0.05) is 6.92 Å². The van der Waals surface area contributed by atoms with Gasteiger partial charge in [-0.3, -0.25) is 4.72 Å². The van der Waals surface area contributed by atoms with Crippen molar-refractivity contribution in [2.75, 3.05) is 29.3 Å². The Hall–Kier alpha value is -2.28. The van der Waals surface area contributed by atoms with E-state index in [-0.39, 0.29) is 4.90 Å². The van der Waals surface area contributed by atoms with E-state index in [2.05, 4.69) is 21.5 Å². The number of nitrogens with one attached hydrogen (secondary N) is 1. The van der Waals surface area contributed by atoms with Crippen LogP contribution in [0.15, 0.2) is 47.5 Å². The quantitative estimate of drug-likeness (QED) is 0.836. The normalized spacial score (nSPS) is 17.8. The molecule has 1 aromatic heterocycles. The van der Waals surface area contributed by atoms with E-state index in [1.165, 1.54) is 18.6 Å². The molecule has 0 aliphatic carbocycles. The van der Waals surface area contributed by atoms with Crippen LogP contribution in [0.2, 0.25) is 0 Å². The van der Waals surface area contributed by atoms with Crippen LogP contribution in [0.4, 0.5) is 11.5 Å². The van der Waals surface area contributed by atoms with Crippen LogP contribution in [0.3, 0.4) is 0 Å². The minimum absolute atomic E-state index is 0.190. The summed E-state index contributed by atoms with van der Waals surface area (Å²) in [6.07, 6.45) is 3.98. The van der Waals surface area contributed by atoms with Crippen molar-refractivity contribution in [3.63, 3.8) is 0 Å². The molecule has 3 rings (SSSR count). The lowest BCUT2D eigenvalue weighted by Crippen LogP contribution is -2.34. The summed E-state index contributed by atoms with van der Waals surface area (Å²) in [7, 11) is -3.65. The molecule has 6 nitrogen and oxygen atoms in total. The molecule has 140 valence electrons. The van der Waals surface area contributed by atoms with E-state index < -0.39 is 10.0 Å². The smallest absolute Gasteiger partial charge is 0.261 e. The van der Waals surface area contributed by atoms with E-state index in [4.69, 9.17) is 4.74 Å². The Morgan fingerprint density at radius 1 is 1.23 bits per heavy atom. The fraction of sp³-hybridized carbons (Fsp3) is 0.421. The zero-order chi connectivity index (χ0) is 18.6. The first-order valence-corrected chi connectivity index (χ1v) is 10.4. The van der Waals surface area contributed by atoms with Gasteiger partial charge in [-0.25, -0.2) is 13.4 Å². The van der Waals surface area contributed by atoms with Gasteiger partial charge in [-0.2, -0.15) is 0 Å². The average molecular weight is 375 g/mol. The highest BCUT2D eigenvalue weighted by Crippen LogP contribution is 2.23. The lowest BCUT2D eigenvalue weighted by atomic mass is 10.0. The fourth-order valence-corrected chi connectivity index (χ4v) is 4.17. The average Bonchev–Trinajstić information content (AvgIpc) is 2.63. The van der Waals surface area contributed by atoms with Gasteiger partial charge in [0.05, 0.1) is 23.4 Å². The number of hydrogen-bond acceptors (Lipinski definition) is 5. The molecule has 1 aliphatic heterocycles. The van der Waals surface area contributed by atoms with Crippen molar-refractivity contribution < 1.29 is 13.2 Å². The third-order valence-corrected chi connectivity index (χ3v) is 5.82. The second-order valence-corrected chi connectivity index (χ2v) is 8.29. The summed E-state index contributed by atoms with van der Waals surface area (Å²) in [5.74, 6) is 2.19. The van der Waals surface area contributed by atoms with Gasteiger partial charge in [-0.05, 0) is 62.1 Å². The van der Waals surface area contributed by atoms with Crippen LogP contribution >= 0.6 is 0 Å². The molecule has 0 radical (unpaired) electrons. The minimum atomic E-state index is -3.65. The van der Waals surface area contributed by atoms with E-state index in [1.807, 2.05) is 13.0 Å². The first-order chi connectivity index (χ1) is 12.5.